The van der Waals surface area contributed by atoms with Gasteiger partial charge in [0.25, 0.3) is 0 Å². The van der Waals surface area contributed by atoms with Gasteiger partial charge in [0.2, 0.25) is 5.96 Å². The van der Waals surface area contributed by atoms with Crippen molar-refractivity contribution >= 4 is 28.1 Å². The van der Waals surface area contributed by atoms with Gasteiger partial charge < -0.3 is 16.2 Å². The molecule has 0 unspecified atom stereocenters. The first-order valence-corrected chi connectivity index (χ1v) is 7.41. The van der Waals surface area contributed by atoms with Crippen LogP contribution in [0.3, 0.4) is 0 Å². The van der Waals surface area contributed by atoms with Gasteiger partial charge in [-0.15, -0.1) is 5.10 Å². The second-order valence-corrected chi connectivity index (χ2v) is 5.46. The lowest BCUT2D eigenvalue weighted by molar-refractivity contribution is 0.306. The minimum Gasteiger partial charge on any atom is -0.488 e. The normalized spacial score (nSPS) is 10.3. The Bertz CT molecular complexity index is 774. The van der Waals surface area contributed by atoms with Crippen molar-refractivity contribution < 1.29 is 4.74 Å². The average molecular weight is 372 g/mol. The maximum Gasteiger partial charge on any atom is 0.211 e. The van der Waals surface area contributed by atoms with Crippen molar-refractivity contribution in [3.63, 3.8) is 0 Å². The Labute approximate surface area is 142 Å². The number of nitrogens with two attached hydrogens (primary N) is 2. The smallest absolute Gasteiger partial charge is 0.211 e. The summed E-state index contributed by atoms with van der Waals surface area (Å²) >= 11 is 3.40. The fourth-order valence-corrected chi connectivity index (χ4v) is 2.12. The Morgan fingerprint density at radius 1 is 1.22 bits per heavy atom. The van der Waals surface area contributed by atoms with Gasteiger partial charge in [-0.05, 0) is 35.9 Å². The van der Waals surface area contributed by atoms with Crippen molar-refractivity contribution in [1.29, 1.82) is 5.26 Å². The van der Waals surface area contributed by atoms with E-state index in [0.717, 1.165) is 15.6 Å². The lowest BCUT2D eigenvalue weighted by atomic mass is 10.1. The summed E-state index contributed by atoms with van der Waals surface area (Å²) in [4.78, 5) is 0. The molecule has 0 saturated carbocycles. The van der Waals surface area contributed by atoms with Gasteiger partial charge in [0.15, 0.2) is 0 Å². The van der Waals surface area contributed by atoms with E-state index in [9.17, 15) is 0 Å². The van der Waals surface area contributed by atoms with Crippen LogP contribution in [0.25, 0.3) is 0 Å². The number of rotatable bonds is 5. The molecule has 0 heterocycles. The highest BCUT2D eigenvalue weighted by Crippen LogP contribution is 2.23. The summed E-state index contributed by atoms with van der Waals surface area (Å²) in [6.07, 6.45) is 1.51. The first-order chi connectivity index (χ1) is 11.1. The van der Waals surface area contributed by atoms with E-state index < -0.39 is 0 Å². The molecular formula is C16H14BrN5O. The van der Waals surface area contributed by atoms with E-state index >= 15 is 0 Å². The van der Waals surface area contributed by atoms with Crippen molar-refractivity contribution in [3.8, 4) is 11.8 Å². The van der Waals surface area contributed by atoms with Crippen LogP contribution in [-0.2, 0) is 6.61 Å². The average Bonchev–Trinajstić information content (AvgIpc) is 2.54. The highest BCUT2D eigenvalue weighted by molar-refractivity contribution is 9.10. The summed E-state index contributed by atoms with van der Waals surface area (Å²) < 4.78 is 6.69. The molecule has 2 rings (SSSR count). The lowest BCUT2D eigenvalue weighted by Crippen LogP contribution is -2.21. The molecule has 7 heteroatoms. The summed E-state index contributed by atoms with van der Waals surface area (Å²) in [6.45, 7) is 0.372. The van der Waals surface area contributed by atoms with E-state index in [1.165, 1.54) is 6.21 Å². The maximum absolute atomic E-state index is 8.79. The van der Waals surface area contributed by atoms with E-state index in [-0.39, 0.29) is 5.96 Å². The van der Waals surface area contributed by atoms with E-state index in [1.54, 1.807) is 12.1 Å². The van der Waals surface area contributed by atoms with E-state index in [4.69, 9.17) is 21.5 Å². The van der Waals surface area contributed by atoms with Gasteiger partial charge in [0.05, 0.1) is 17.8 Å². The molecule has 0 aliphatic carbocycles. The number of ether oxygens (including phenoxy) is 1. The summed E-state index contributed by atoms with van der Waals surface area (Å²) in [5.41, 5.74) is 12.8. The predicted molar refractivity (Wildman–Crippen MR) is 93.0 cm³/mol. The second-order valence-electron chi connectivity index (χ2n) is 4.55. The first kappa shape index (κ1) is 16.5. The van der Waals surface area contributed by atoms with Crippen LogP contribution in [-0.4, -0.2) is 12.2 Å². The van der Waals surface area contributed by atoms with Crippen molar-refractivity contribution in [2.45, 2.75) is 6.61 Å². The van der Waals surface area contributed by atoms with Crippen molar-refractivity contribution in [2.75, 3.05) is 0 Å². The van der Waals surface area contributed by atoms with E-state index in [1.807, 2.05) is 30.3 Å². The van der Waals surface area contributed by atoms with Crippen LogP contribution in [0, 0.1) is 11.3 Å². The van der Waals surface area contributed by atoms with E-state index in [2.05, 4.69) is 32.2 Å². The van der Waals surface area contributed by atoms with Gasteiger partial charge in [-0.25, -0.2) is 0 Å². The SMILES string of the molecule is N#Cc1ccc(COc2ccc(Br)cc2/C=N/N=C(N)N)cc1. The minimum atomic E-state index is -0.115. The fraction of sp³-hybridized carbons (Fsp3) is 0.0625. The number of benzene rings is 2. The highest BCUT2D eigenvalue weighted by atomic mass is 79.9. The Kier molecular flexibility index (Phi) is 5.72. The molecule has 6 nitrogen and oxygen atoms in total. The van der Waals surface area contributed by atoms with Gasteiger partial charge in [0, 0.05) is 10.0 Å². The van der Waals surface area contributed by atoms with Crippen LogP contribution in [0.2, 0.25) is 0 Å². The maximum atomic E-state index is 8.79. The minimum absolute atomic E-state index is 0.115. The Morgan fingerprint density at radius 2 is 1.96 bits per heavy atom. The molecule has 2 aromatic carbocycles. The van der Waals surface area contributed by atoms with Crippen LogP contribution >= 0.6 is 15.9 Å². The molecule has 0 fully saturated rings. The monoisotopic (exact) mass is 371 g/mol. The van der Waals surface area contributed by atoms with Gasteiger partial charge >= 0.3 is 0 Å². The molecule has 0 radical (unpaired) electrons. The Morgan fingerprint density at radius 3 is 2.61 bits per heavy atom. The zero-order chi connectivity index (χ0) is 16.7. The number of guanidine groups is 1. The van der Waals surface area contributed by atoms with Gasteiger partial charge in [-0.3, -0.25) is 0 Å². The summed E-state index contributed by atoms with van der Waals surface area (Å²) in [7, 11) is 0. The number of nitrogens with zero attached hydrogens (tertiary/aromatic N) is 3. The van der Waals surface area contributed by atoms with Crippen molar-refractivity contribution in [1.82, 2.24) is 0 Å². The molecule has 0 bridgehead atoms. The molecule has 0 spiro atoms. The van der Waals surface area contributed by atoms with Crippen LogP contribution in [0.1, 0.15) is 16.7 Å². The predicted octanol–water partition coefficient (Wildman–Crippen LogP) is 2.51. The molecule has 0 aliphatic heterocycles. The molecule has 0 aliphatic rings. The Hall–Kier alpha value is -2.85. The zero-order valence-corrected chi connectivity index (χ0v) is 13.7. The van der Waals surface area contributed by atoms with Gasteiger partial charge in [0.1, 0.15) is 12.4 Å². The van der Waals surface area contributed by atoms with Crippen LogP contribution in [0.5, 0.6) is 5.75 Å². The number of nitriles is 1. The van der Waals surface area contributed by atoms with Crippen molar-refractivity contribution in [2.24, 2.45) is 21.7 Å². The number of hydrogen-bond acceptors (Lipinski definition) is 4. The second kappa shape index (κ2) is 7.96. The highest BCUT2D eigenvalue weighted by Gasteiger charge is 2.04. The largest absolute Gasteiger partial charge is 0.488 e. The molecule has 0 atom stereocenters. The third-order valence-electron chi connectivity index (χ3n) is 2.82. The van der Waals surface area contributed by atoms with Crippen molar-refractivity contribution in [3.05, 3.63) is 63.6 Å². The Balaban J connectivity index is 2.13. The molecule has 0 saturated heterocycles. The molecule has 116 valence electrons. The summed E-state index contributed by atoms with van der Waals surface area (Å²) in [5, 5.41) is 16.2. The summed E-state index contributed by atoms with van der Waals surface area (Å²) in [6, 6.07) is 14.8. The quantitative estimate of drug-likeness (QED) is 0.477. The molecule has 23 heavy (non-hydrogen) atoms. The number of halogens is 1. The summed E-state index contributed by atoms with van der Waals surface area (Å²) in [5.74, 6) is 0.531. The third-order valence-corrected chi connectivity index (χ3v) is 3.31. The molecule has 4 N–H and O–H groups in total. The molecule has 2 aromatic rings. The van der Waals surface area contributed by atoms with Crippen LogP contribution in [0.15, 0.2) is 57.1 Å². The first-order valence-electron chi connectivity index (χ1n) is 6.62. The van der Waals surface area contributed by atoms with Crippen LogP contribution in [0.4, 0.5) is 0 Å². The molecular weight excluding hydrogens is 358 g/mol. The lowest BCUT2D eigenvalue weighted by Gasteiger charge is -2.09. The fourth-order valence-electron chi connectivity index (χ4n) is 1.75. The van der Waals surface area contributed by atoms with E-state index in [0.29, 0.717) is 17.9 Å². The van der Waals surface area contributed by atoms with Crippen LogP contribution < -0.4 is 16.2 Å². The number of hydrogen-bond donors (Lipinski definition) is 2. The molecule has 0 amide bonds. The van der Waals surface area contributed by atoms with Gasteiger partial charge in [-0.1, -0.05) is 28.1 Å². The molecule has 0 aromatic heterocycles. The third kappa shape index (κ3) is 5.13. The van der Waals surface area contributed by atoms with Gasteiger partial charge in [-0.2, -0.15) is 10.4 Å². The topological polar surface area (TPSA) is 110 Å². The zero-order valence-electron chi connectivity index (χ0n) is 12.1. The standard InChI is InChI=1S/C16H14BrN5O/c17-14-5-6-15(13(7-14)9-21-22-16(19)20)23-10-12-3-1-11(8-18)2-4-12/h1-7,9H,10H2,(H4,19,20,22)/b21-9+.